The van der Waals surface area contributed by atoms with Gasteiger partial charge in [-0.3, -0.25) is 4.79 Å². The maximum absolute atomic E-state index is 14.2. The second kappa shape index (κ2) is 12.2. The lowest BCUT2D eigenvalue weighted by atomic mass is 9.89. The molecule has 1 saturated heterocycles. The summed E-state index contributed by atoms with van der Waals surface area (Å²) in [5.74, 6) is -0.0997. The minimum atomic E-state index is -5.41. The molecular formula is C28H29F6NO3S. The van der Waals surface area contributed by atoms with E-state index in [1.807, 2.05) is 0 Å². The molecule has 2 aliphatic rings. The Labute approximate surface area is 227 Å². The van der Waals surface area contributed by atoms with Crippen LogP contribution in [-0.2, 0) is 17.1 Å². The van der Waals surface area contributed by atoms with Crippen LogP contribution in [0.2, 0.25) is 0 Å². The van der Waals surface area contributed by atoms with Crippen molar-refractivity contribution in [2.45, 2.75) is 60.9 Å². The molecule has 0 spiro atoms. The summed E-state index contributed by atoms with van der Waals surface area (Å²) >= 11 is 0.553. The third kappa shape index (κ3) is 7.72. The van der Waals surface area contributed by atoms with Gasteiger partial charge in [-0.25, -0.2) is 0 Å². The number of ether oxygens (including phenoxy) is 2. The predicted octanol–water partition coefficient (Wildman–Crippen LogP) is 7.86. The van der Waals surface area contributed by atoms with E-state index in [4.69, 9.17) is 9.47 Å². The van der Waals surface area contributed by atoms with Gasteiger partial charge in [0.05, 0.1) is 30.4 Å². The molecule has 1 saturated carbocycles. The van der Waals surface area contributed by atoms with Crippen LogP contribution in [0.5, 0.6) is 5.75 Å². The van der Waals surface area contributed by atoms with Gasteiger partial charge in [-0.2, -0.15) is 26.3 Å². The first kappa shape index (κ1) is 29.3. The van der Waals surface area contributed by atoms with Crippen molar-refractivity contribution in [3.8, 4) is 5.75 Å². The summed E-state index contributed by atoms with van der Waals surface area (Å²) in [7, 11) is 0. The van der Waals surface area contributed by atoms with E-state index in [1.54, 1.807) is 17.0 Å². The number of nitrogens with zero attached hydrogens (tertiary/aromatic N) is 1. The Morgan fingerprint density at radius 1 is 0.974 bits per heavy atom. The van der Waals surface area contributed by atoms with E-state index in [1.165, 1.54) is 18.3 Å². The van der Waals surface area contributed by atoms with Gasteiger partial charge in [0.15, 0.2) is 5.78 Å². The quantitative estimate of drug-likeness (QED) is 0.192. The molecular weight excluding hydrogens is 544 g/mol. The minimum Gasteiger partial charge on any atom is -0.490 e. The summed E-state index contributed by atoms with van der Waals surface area (Å²) in [5.41, 5.74) is -4.91. The minimum absolute atomic E-state index is 0.0140. The van der Waals surface area contributed by atoms with Crippen molar-refractivity contribution in [2.75, 3.05) is 26.3 Å². The Bertz CT molecular complexity index is 1180. The molecule has 2 aromatic rings. The van der Waals surface area contributed by atoms with Gasteiger partial charge in [0.1, 0.15) is 5.75 Å². The van der Waals surface area contributed by atoms with Crippen LogP contribution < -0.4 is 4.74 Å². The summed E-state index contributed by atoms with van der Waals surface area (Å²) in [6.45, 7) is 3.76. The summed E-state index contributed by atoms with van der Waals surface area (Å²) in [6, 6.07) is 8.05. The average molecular weight is 574 g/mol. The fourth-order valence-electron chi connectivity index (χ4n) is 4.72. The van der Waals surface area contributed by atoms with Crippen molar-refractivity contribution in [2.24, 2.45) is 5.92 Å². The largest absolute Gasteiger partial charge is 0.490 e. The summed E-state index contributed by atoms with van der Waals surface area (Å²) in [5, 5.41) is 0. The van der Waals surface area contributed by atoms with Crippen molar-refractivity contribution in [1.29, 1.82) is 0 Å². The number of rotatable bonds is 7. The molecule has 2 fully saturated rings. The number of hydrogen-bond donors (Lipinski definition) is 0. The highest BCUT2D eigenvalue weighted by Gasteiger charge is 2.47. The zero-order valence-electron chi connectivity index (χ0n) is 21.3. The summed E-state index contributed by atoms with van der Waals surface area (Å²) in [6.07, 6.45) is -4.87. The Morgan fingerprint density at radius 3 is 2.28 bits per heavy atom. The maximum Gasteiger partial charge on any atom is 0.418 e. The van der Waals surface area contributed by atoms with Gasteiger partial charge in [-0.05, 0) is 61.9 Å². The topological polar surface area (TPSA) is 38.8 Å². The molecule has 1 aliphatic heterocycles. The third-order valence-corrected chi connectivity index (χ3v) is 7.83. The third-order valence-electron chi connectivity index (χ3n) is 6.78. The lowest BCUT2D eigenvalue weighted by molar-refractivity contribution is -0.163. The van der Waals surface area contributed by atoms with Crippen molar-refractivity contribution in [1.82, 2.24) is 4.90 Å². The van der Waals surface area contributed by atoms with Gasteiger partial charge in [-0.1, -0.05) is 24.8 Å². The predicted molar refractivity (Wildman–Crippen MR) is 135 cm³/mol. The first-order valence-corrected chi connectivity index (χ1v) is 13.5. The Balaban J connectivity index is 1.65. The number of carbonyl (C=O) groups is 1. The molecule has 11 heteroatoms. The van der Waals surface area contributed by atoms with E-state index in [9.17, 15) is 31.1 Å². The number of halogens is 6. The lowest BCUT2D eigenvalue weighted by Crippen LogP contribution is -2.32. The molecule has 0 unspecified atom stereocenters. The number of morpholine rings is 1. The monoisotopic (exact) mass is 573 g/mol. The highest BCUT2D eigenvalue weighted by Crippen LogP contribution is 2.48. The lowest BCUT2D eigenvalue weighted by Gasteiger charge is -2.27. The van der Waals surface area contributed by atoms with Gasteiger partial charge in [-0.15, -0.1) is 0 Å². The van der Waals surface area contributed by atoms with Gasteiger partial charge in [0, 0.05) is 40.7 Å². The molecule has 0 radical (unpaired) electrons. The molecule has 212 valence electrons. The Morgan fingerprint density at radius 2 is 1.64 bits per heavy atom. The second-order valence-electron chi connectivity index (χ2n) is 9.76. The number of hydrogen-bond acceptors (Lipinski definition) is 5. The second-order valence-corrected chi connectivity index (χ2v) is 10.9. The molecule has 1 heterocycles. The zero-order valence-corrected chi connectivity index (χ0v) is 22.1. The highest BCUT2D eigenvalue weighted by molar-refractivity contribution is 7.99. The molecule has 0 amide bonds. The molecule has 0 aromatic heterocycles. The van der Waals surface area contributed by atoms with Crippen LogP contribution in [-0.4, -0.2) is 43.1 Å². The van der Waals surface area contributed by atoms with E-state index in [2.05, 4.69) is 6.92 Å². The number of benzene rings is 2. The maximum atomic E-state index is 14.2. The van der Waals surface area contributed by atoms with Crippen LogP contribution in [0.3, 0.4) is 0 Å². The molecule has 1 aliphatic carbocycles. The van der Waals surface area contributed by atoms with Crippen molar-refractivity contribution in [3.63, 3.8) is 0 Å². The molecule has 39 heavy (non-hydrogen) atoms. The first-order valence-electron chi connectivity index (χ1n) is 12.7. The van der Waals surface area contributed by atoms with Crippen molar-refractivity contribution < 1.29 is 40.6 Å². The van der Waals surface area contributed by atoms with E-state index in [0.29, 0.717) is 54.6 Å². The number of carbonyl (C=O) groups excluding carboxylic acids is 1. The molecule has 0 atom stereocenters. The SMILES string of the molecule is C[C@H]1CC[C@H](Oc2cccc(Sc3ccc(C(=O)C=CN4CCOCC4)c(C(F)(F)F)c3C(F)(F)F)c2)CC1. The smallest absolute Gasteiger partial charge is 0.418 e. The Hall–Kier alpha value is -2.66. The van der Waals surface area contributed by atoms with Crippen LogP contribution in [0.4, 0.5) is 26.3 Å². The molecule has 2 aromatic carbocycles. The number of alkyl halides is 6. The van der Waals surface area contributed by atoms with Gasteiger partial charge >= 0.3 is 12.4 Å². The highest BCUT2D eigenvalue weighted by atomic mass is 32.2. The number of allylic oxidation sites excluding steroid dienone is 1. The van der Waals surface area contributed by atoms with Gasteiger partial charge in [0.2, 0.25) is 0 Å². The summed E-state index contributed by atoms with van der Waals surface area (Å²) in [4.78, 5) is 14.0. The zero-order chi connectivity index (χ0) is 28.2. The van der Waals surface area contributed by atoms with Crippen LogP contribution in [0.25, 0.3) is 0 Å². The van der Waals surface area contributed by atoms with E-state index in [-0.39, 0.29) is 6.10 Å². The molecule has 4 rings (SSSR count). The van der Waals surface area contributed by atoms with Gasteiger partial charge < -0.3 is 14.4 Å². The number of ketones is 1. The fraction of sp³-hybridized carbons (Fsp3) is 0.464. The molecule has 0 bridgehead atoms. The molecule has 4 nitrogen and oxygen atoms in total. The standard InChI is InChI=1S/C28H29F6NO3S/c1-18-5-7-19(8-6-18)38-20-3-2-4-21(17-20)39-24-10-9-22(23(36)11-12-35-13-15-37-16-14-35)25(27(29,30)31)26(24)28(32,33)34/h2-4,9-12,17-19H,5-8,13-16H2,1H3/t18-,19-. The fourth-order valence-corrected chi connectivity index (χ4v) is 5.75. The first-order chi connectivity index (χ1) is 18.4. The summed E-state index contributed by atoms with van der Waals surface area (Å²) < 4.78 is 96.2. The Kier molecular flexibility index (Phi) is 9.21. The average Bonchev–Trinajstić information content (AvgIpc) is 2.88. The van der Waals surface area contributed by atoms with Crippen molar-refractivity contribution in [3.05, 3.63) is 65.4 Å². The van der Waals surface area contributed by atoms with E-state index >= 15 is 0 Å². The van der Waals surface area contributed by atoms with Crippen LogP contribution >= 0.6 is 11.8 Å². The van der Waals surface area contributed by atoms with Crippen LogP contribution in [0, 0.1) is 5.92 Å². The van der Waals surface area contributed by atoms with Crippen LogP contribution in [0.15, 0.2) is 58.5 Å². The molecule has 0 N–H and O–H groups in total. The van der Waals surface area contributed by atoms with Crippen molar-refractivity contribution >= 4 is 17.5 Å². The van der Waals surface area contributed by atoms with Crippen LogP contribution in [0.1, 0.15) is 54.1 Å². The van der Waals surface area contributed by atoms with Gasteiger partial charge in [0.25, 0.3) is 0 Å². The van der Waals surface area contributed by atoms with E-state index < -0.39 is 39.7 Å². The van der Waals surface area contributed by atoms with E-state index in [0.717, 1.165) is 43.9 Å². The normalized spacial score (nSPS) is 20.8.